The lowest BCUT2D eigenvalue weighted by Gasteiger charge is -2.27. The number of carbonyl (C=O) groups is 1. The number of ether oxygens (including phenoxy) is 1. The van der Waals surface area contributed by atoms with Crippen molar-refractivity contribution in [2.45, 2.75) is 0 Å². The van der Waals surface area contributed by atoms with E-state index in [1.165, 1.54) is 0 Å². The molecule has 0 aromatic heterocycles. The van der Waals surface area contributed by atoms with E-state index >= 15 is 0 Å². The van der Waals surface area contributed by atoms with Gasteiger partial charge < -0.3 is 25.6 Å². The average molecular weight is 306 g/mol. The van der Waals surface area contributed by atoms with E-state index in [1.807, 2.05) is 29.2 Å². The molecule has 1 amide bonds. The van der Waals surface area contributed by atoms with Crippen LogP contribution in [0.5, 0.6) is 5.75 Å². The number of piperazine rings is 2. The molecule has 3 N–H and O–H groups in total. The minimum absolute atomic E-state index is 0.101. The van der Waals surface area contributed by atoms with Gasteiger partial charge in [-0.1, -0.05) is 0 Å². The van der Waals surface area contributed by atoms with Crippen molar-refractivity contribution < 1.29 is 9.53 Å². The molecule has 0 spiro atoms. The van der Waals surface area contributed by atoms with Crippen molar-refractivity contribution in [1.29, 1.82) is 0 Å². The van der Waals surface area contributed by atoms with Crippen LogP contribution in [0.2, 0.25) is 0 Å². The van der Waals surface area contributed by atoms with Crippen molar-refractivity contribution in [2.75, 3.05) is 59.5 Å². The van der Waals surface area contributed by atoms with E-state index in [0.717, 1.165) is 63.7 Å². The molecule has 0 bridgehead atoms. The fourth-order valence-electron chi connectivity index (χ4n) is 2.39. The summed E-state index contributed by atoms with van der Waals surface area (Å²) in [4.78, 5) is 13.9. The molecule has 2 saturated heterocycles. The molecule has 1 aromatic carbocycles. The topological polar surface area (TPSA) is 65.6 Å². The zero-order chi connectivity index (χ0) is 15.6. The van der Waals surface area contributed by atoms with Gasteiger partial charge >= 0.3 is 0 Å². The molecule has 0 radical (unpaired) electrons. The highest BCUT2D eigenvalue weighted by molar-refractivity contribution is 5.94. The van der Waals surface area contributed by atoms with Crippen LogP contribution in [0, 0.1) is 0 Å². The highest BCUT2D eigenvalue weighted by Crippen LogP contribution is 2.13. The van der Waals surface area contributed by atoms with Gasteiger partial charge in [0, 0.05) is 57.9 Å². The summed E-state index contributed by atoms with van der Waals surface area (Å²) in [7, 11) is 1.62. The van der Waals surface area contributed by atoms with E-state index < -0.39 is 0 Å². The number of rotatable bonds is 2. The lowest BCUT2D eigenvalue weighted by molar-refractivity contribution is 0.0736. The number of hydrogen-bond acceptors (Lipinski definition) is 5. The van der Waals surface area contributed by atoms with Crippen LogP contribution in [-0.2, 0) is 0 Å². The summed E-state index contributed by atoms with van der Waals surface area (Å²) in [5.41, 5.74) is 0.725. The van der Waals surface area contributed by atoms with Crippen molar-refractivity contribution in [3.63, 3.8) is 0 Å². The molecule has 1 aromatic rings. The molecule has 3 rings (SSSR count). The highest BCUT2D eigenvalue weighted by atomic mass is 16.5. The molecule has 2 fully saturated rings. The summed E-state index contributed by atoms with van der Waals surface area (Å²) in [6.45, 7) is 7.87. The van der Waals surface area contributed by atoms with Gasteiger partial charge in [-0.15, -0.1) is 0 Å². The minimum Gasteiger partial charge on any atom is -0.497 e. The van der Waals surface area contributed by atoms with Gasteiger partial charge in [0.1, 0.15) is 5.75 Å². The van der Waals surface area contributed by atoms with E-state index in [9.17, 15) is 4.79 Å². The first-order valence-electron chi connectivity index (χ1n) is 7.87. The van der Waals surface area contributed by atoms with Crippen LogP contribution < -0.4 is 20.7 Å². The first kappa shape index (κ1) is 16.7. The quantitative estimate of drug-likeness (QED) is 0.713. The smallest absolute Gasteiger partial charge is 0.253 e. The van der Waals surface area contributed by atoms with Crippen LogP contribution in [0.25, 0.3) is 0 Å². The van der Waals surface area contributed by atoms with Gasteiger partial charge in [0.2, 0.25) is 0 Å². The molecule has 122 valence electrons. The van der Waals surface area contributed by atoms with Crippen LogP contribution in [0.3, 0.4) is 0 Å². The standard InChI is InChI=1S/C12H16N2O2.C4H10N2/c1-16-11-4-2-10(3-5-11)12(15)14-8-6-13-7-9-14;1-2-6-4-3-5-1/h2-5,13H,6-9H2,1H3;5-6H,1-4H2. The van der Waals surface area contributed by atoms with E-state index in [2.05, 4.69) is 16.0 Å². The van der Waals surface area contributed by atoms with Crippen LogP contribution in [0.15, 0.2) is 24.3 Å². The SMILES string of the molecule is C1CNCCN1.COc1ccc(C(=O)N2CCNCC2)cc1. The first-order valence-corrected chi connectivity index (χ1v) is 7.87. The van der Waals surface area contributed by atoms with Crippen LogP contribution >= 0.6 is 0 Å². The third-order valence-electron chi connectivity index (χ3n) is 3.70. The summed E-state index contributed by atoms with van der Waals surface area (Å²) in [5, 5.41) is 9.67. The fourth-order valence-corrected chi connectivity index (χ4v) is 2.39. The van der Waals surface area contributed by atoms with Crippen LogP contribution in [0.4, 0.5) is 0 Å². The molecule has 6 heteroatoms. The van der Waals surface area contributed by atoms with Gasteiger partial charge in [0.25, 0.3) is 5.91 Å². The summed E-state index contributed by atoms with van der Waals surface area (Å²) < 4.78 is 5.06. The average Bonchev–Trinajstić information content (AvgIpc) is 2.64. The van der Waals surface area contributed by atoms with Gasteiger partial charge in [-0.05, 0) is 24.3 Å². The maximum absolute atomic E-state index is 12.1. The molecule has 0 unspecified atom stereocenters. The van der Waals surface area contributed by atoms with Crippen molar-refractivity contribution in [2.24, 2.45) is 0 Å². The van der Waals surface area contributed by atoms with Gasteiger partial charge in [0.05, 0.1) is 7.11 Å². The Morgan fingerprint density at radius 2 is 1.41 bits per heavy atom. The molecule has 0 saturated carbocycles. The summed E-state index contributed by atoms with van der Waals surface area (Å²) >= 11 is 0. The molecule has 22 heavy (non-hydrogen) atoms. The van der Waals surface area contributed by atoms with E-state index in [-0.39, 0.29) is 5.91 Å². The highest BCUT2D eigenvalue weighted by Gasteiger charge is 2.17. The fraction of sp³-hybridized carbons (Fsp3) is 0.562. The third-order valence-corrected chi connectivity index (χ3v) is 3.70. The Balaban J connectivity index is 0.000000246. The molecular formula is C16H26N4O2. The molecule has 2 aliphatic rings. The van der Waals surface area contributed by atoms with Crippen molar-refractivity contribution >= 4 is 5.91 Å². The minimum atomic E-state index is 0.101. The van der Waals surface area contributed by atoms with Crippen LogP contribution in [-0.4, -0.2) is 70.3 Å². The Morgan fingerprint density at radius 1 is 0.909 bits per heavy atom. The number of carbonyl (C=O) groups excluding carboxylic acids is 1. The van der Waals surface area contributed by atoms with Gasteiger partial charge in [-0.2, -0.15) is 0 Å². The first-order chi connectivity index (χ1) is 10.8. The second kappa shape index (κ2) is 9.40. The number of amides is 1. The van der Waals surface area contributed by atoms with Gasteiger partial charge in [-0.25, -0.2) is 0 Å². The monoisotopic (exact) mass is 306 g/mol. The van der Waals surface area contributed by atoms with Crippen molar-refractivity contribution in [3.8, 4) is 5.75 Å². The molecule has 0 atom stereocenters. The molecule has 2 heterocycles. The number of benzene rings is 1. The Kier molecular flexibility index (Phi) is 7.15. The summed E-state index contributed by atoms with van der Waals surface area (Å²) in [6, 6.07) is 7.25. The normalized spacial score (nSPS) is 18.1. The van der Waals surface area contributed by atoms with Crippen molar-refractivity contribution in [3.05, 3.63) is 29.8 Å². The van der Waals surface area contributed by atoms with Crippen LogP contribution in [0.1, 0.15) is 10.4 Å². The Hall–Kier alpha value is -1.63. The molecule has 2 aliphatic heterocycles. The van der Waals surface area contributed by atoms with E-state index in [1.54, 1.807) is 7.11 Å². The van der Waals surface area contributed by atoms with E-state index in [4.69, 9.17) is 4.74 Å². The Labute approximate surface area is 132 Å². The third kappa shape index (κ3) is 5.29. The zero-order valence-electron chi connectivity index (χ0n) is 13.2. The molecule has 0 aliphatic carbocycles. The number of nitrogens with one attached hydrogen (secondary N) is 3. The van der Waals surface area contributed by atoms with Crippen molar-refractivity contribution in [1.82, 2.24) is 20.9 Å². The zero-order valence-corrected chi connectivity index (χ0v) is 13.2. The lowest BCUT2D eigenvalue weighted by atomic mass is 10.2. The lowest BCUT2D eigenvalue weighted by Crippen LogP contribution is -2.46. The molecule has 6 nitrogen and oxygen atoms in total. The predicted octanol–water partition coefficient (Wildman–Crippen LogP) is -0.0802. The van der Waals surface area contributed by atoms with Gasteiger partial charge in [0.15, 0.2) is 0 Å². The maximum atomic E-state index is 12.1. The summed E-state index contributed by atoms with van der Waals surface area (Å²) in [5.74, 6) is 0.876. The predicted molar refractivity (Wildman–Crippen MR) is 87.5 cm³/mol. The molecular weight excluding hydrogens is 280 g/mol. The number of hydrogen-bond donors (Lipinski definition) is 3. The van der Waals surface area contributed by atoms with Gasteiger partial charge in [-0.3, -0.25) is 4.79 Å². The second-order valence-electron chi connectivity index (χ2n) is 5.27. The Morgan fingerprint density at radius 3 is 1.86 bits per heavy atom. The second-order valence-corrected chi connectivity index (χ2v) is 5.27. The summed E-state index contributed by atoms with van der Waals surface area (Å²) in [6.07, 6.45) is 0. The number of methoxy groups -OCH3 is 1. The number of nitrogens with zero attached hydrogens (tertiary/aromatic N) is 1. The Bertz CT molecular complexity index is 428. The maximum Gasteiger partial charge on any atom is 0.253 e. The van der Waals surface area contributed by atoms with E-state index in [0.29, 0.717) is 0 Å². The largest absolute Gasteiger partial charge is 0.497 e.